The molecule has 0 aromatic rings. The zero-order valence-electron chi connectivity index (χ0n) is 44.2. The molecule has 386 valence electrons. The number of carbonyl (C=O) groups excluding carboxylic acids is 3. The summed E-state index contributed by atoms with van der Waals surface area (Å²) in [6, 6.07) is 0. The average molecular weight is 936 g/mol. The van der Waals surface area contributed by atoms with Crippen molar-refractivity contribution >= 4 is 17.9 Å². The van der Waals surface area contributed by atoms with Gasteiger partial charge in [-0.25, -0.2) is 0 Å². The van der Waals surface area contributed by atoms with E-state index in [2.05, 4.69) is 93.7 Å². The lowest BCUT2D eigenvalue weighted by atomic mass is 10.0. The minimum absolute atomic E-state index is 0.0910. The summed E-state index contributed by atoms with van der Waals surface area (Å²) in [5, 5.41) is 0. The average Bonchev–Trinajstić information content (AvgIpc) is 3.33. The SMILES string of the molecule is CC\C=C/C=C\C=C/CCCCCCCC(=O)OCC(COC(=O)CCCCCCC\C=C/C=C\C=C/CCCCCCC)OC(=O)CCCCCCCCCCCCCCCCCCCC. The molecule has 0 saturated carbocycles. The van der Waals surface area contributed by atoms with Crippen LogP contribution in [-0.2, 0) is 28.6 Å². The highest BCUT2D eigenvalue weighted by Gasteiger charge is 2.19. The Labute approximate surface area is 414 Å². The van der Waals surface area contributed by atoms with Gasteiger partial charge in [0, 0.05) is 19.3 Å². The molecule has 1 unspecified atom stereocenters. The molecule has 67 heavy (non-hydrogen) atoms. The van der Waals surface area contributed by atoms with Gasteiger partial charge in [0.25, 0.3) is 0 Å². The van der Waals surface area contributed by atoms with E-state index in [-0.39, 0.29) is 31.1 Å². The van der Waals surface area contributed by atoms with Crippen molar-refractivity contribution in [3.63, 3.8) is 0 Å². The van der Waals surface area contributed by atoms with Crippen LogP contribution in [0, 0.1) is 0 Å². The molecule has 0 aliphatic carbocycles. The van der Waals surface area contributed by atoms with Gasteiger partial charge in [0.2, 0.25) is 0 Å². The molecule has 0 bridgehead atoms. The van der Waals surface area contributed by atoms with Gasteiger partial charge in [-0.3, -0.25) is 14.4 Å². The third kappa shape index (κ3) is 53.7. The van der Waals surface area contributed by atoms with Crippen LogP contribution in [0.3, 0.4) is 0 Å². The Morgan fingerprint density at radius 1 is 0.313 bits per heavy atom. The van der Waals surface area contributed by atoms with Crippen LogP contribution in [0.2, 0.25) is 0 Å². The quantitative estimate of drug-likeness (QED) is 0.0262. The van der Waals surface area contributed by atoms with Gasteiger partial charge in [0.05, 0.1) is 0 Å². The van der Waals surface area contributed by atoms with Gasteiger partial charge in [-0.1, -0.05) is 267 Å². The molecule has 0 radical (unpaired) electrons. The third-order valence-electron chi connectivity index (χ3n) is 12.3. The number of carbonyl (C=O) groups is 3. The number of ether oxygens (including phenoxy) is 3. The molecule has 0 amide bonds. The van der Waals surface area contributed by atoms with E-state index < -0.39 is 6.10 Å². The van der Waals surface area contributed by atoms with E-state index in [1.54, 1.807) is 0 Å². The van der Waals surface area contributed by atoms with Gasteiger partial charge >= 0.3 is 17.9 Å². The number of rotatable bonds is 51. The monoisotopic (exact) mass is 935 g/mol. The Bertz CT molecular complexity index is 1260. The highest BCUT2D eigenvalue weighted by Crippen LogP contribution is 2.16. The molecule has 0 heterocycles. The first-order chi connectivity index (χ1) is 33.0. The molecule has 0 aromatic heterocycles. The standard InChI is InChI=1S/C61H106O6/c1-4-7-10-13-16-19-22-25-27-29-31-33-36-39-42-45-48-51-54-60(63)66-57-58(56-65-59(62)53-50-47-44-41-38-35-24-21-18-15-12-9-6-3)67-61(64)55-52-49-46-43-40-37-34-32-30-28-26-23-20-17-14-11-8-5-2/h9,12,15,18,21-22,24-25,27,29,31,33,58H,4-8,10-11,13-14,16-17,19-20,23,26,28,30,32,34-57H2,1-3H3/b12-9-,18-15-,24-21-,25-22-,29-27-,33-31-. The first-order valence-electron chi connectivity index (χ1n) is 28.5. The van der Waals surface area contributed by atoms with E-state index in [4.69, 9.17) is 14.2 Å². The second kappa shape index (κ2) is 55.4. The maximum Gasteiger partial charge on any atom is 0.306 e. The molecular weight excluding hydrogens is 829 g/mol. The minimum atomic E-state index is -0.791. The largest absolute Gasteiger partial charge is 0.462 e. The van der Waals surface area contributed by atoms with Crippen molar-refractivity contribution in [2.75, 3.05) is 13.2 Å². The zero-order valence-corrected chi connectivity index (χ0v) is 44.2. The van der Waals surface area contributed by atoms with Gasteiger partial charge in [0.15, 0.2) is 6.10 Å². The third-order valence-corrected chi connectivity index (χ3v) is 12.3. The molecule has 0 fully saturated rings. The molecule has 0 spiro atoms. The molecule has 0 N–H and O–H groups in total. The topological polar surface area (TPSA) is 78.9 Å². The number of hydrogen-bond acceptors (Lipinski definition) is 6. The first-order valence-corrected chi connectivity index (χ1v) is 28.5. The summed E-state index contributed by atoms with van der Waals surface area (Å²) in [4.78, 5) is 38.1. The lowest BCUT2D eigenvalue weighted by molar-refractivity contribution is -0.167. The van der Waals surface area contributed by atoms with Crippen LogP contribution in [0.15, 0.2) is 72.9 Å². The fourth-order valence-corrected chi connectivity index (χ4v) is 8.03. The van der Waals surface area contributed by atoms with Crippen molar-refractivity contribution in [2.45, 2.75) is 284 Å². The van der Waals surface area contributed by atoms with Crippen molar-refractivity contribution in [3.05, 3.63) is 72.9 Å². The first kappa shape index (κ1) is 63.8. The van der Waals surface area contributed by atoms with Gasteiger partial charge in [-0.2, -0.15) is 0 Å². The van der Waals surface area contributed by atoms with E-state index in [0.29, 0.717) is 19.3 Å². The minimum Gasteiger partial charge on any atom is -0.462 e. The number of hydrogen-bond donors (Lipinski definition) is 0. The van der Waals surface area contributed by atoms with Crippen molar-refractivity contribution in [2.24, 2.45) is 0 Å². The van der Waals surface area contributed by atoms with E-state index in [1.165, 1.54) is 135 Å². The summed E-state index contributed by atoms with van der Waals surface area (Å²) >= 11 is 0. The van der Waals surface area contributed by atoms with Crippen LogP contribution in [0.4, 0.5) is 0 Å². The predicted molar refractivity (Wildman–Crippen MR) is 288 cm³/mol. The maximum atomic E-state index is 12.9. The van der Waals surface area contributed by atoms with Crippen LogP contribution >= 0.6 is 0 Å². The van der Waals surface area contributed by atoms with Gasteiger partial charge in [-0.15, -0.1) is 0 Å². The summed E-state index contributed by atoms with van der Waals surface area (Å²) in [5.41, 5.74) is 0. The van der Waals surface area contributed by atoms with E-state index in [0.717, 1.165) is 103 Å². The second-order valence-electron chi connectivity index (χ2n) is 18.9. The summed E-state index contributed by atoms with van der Waals surface area (Å²) in [5.74, 6) is -0.920. The molecular formula is C61H106O6. The molecule has 0 aromatic carbocycles. The second-order valence-corrected chi connectivity index (χ2v) is 18.9. The van der Waals surface area contributed by atoms with Crippen LogP contribution < -0.4 is 0 Å². The molecule has 0 saturated heterocycles. The lowest BCUT2D eigenvalue weighted by Gasteiger charge is -2.18. The number of unbranched alkanes of at least 4 members (excludes halogenated alkanes) is 32. The lowest BCUT2D eigenvalue weighted by Crippen LogP contribution is -2.30. The van der Waals surface area contributed by atoms with Crippen LogP contribution in [0.5, 0.6) is 0 Å². The zero-order chi connectivity index (χ0) is 48.6. The number of esters is 3. The highest BCUT2D eigenvalue weighted by atomic mass is 16.6. The van der Waals surface area contributed by atoms with Crippen molar-refractivity contribution in [1.82, 2.24) is 0 Å². The molecule has 0 aliphatic rings. The Hall–Kier alpha value is -3.15. The fourth-order valence-electron chi connectivity index (χ4n) is 8.03. The predicted octanol–water partition coefficient (Wildman–Crippen LogP) is 19.0. The van der Waals surface area contributed by atoms with E-state index in [9.17, 15) is 14.4 Å². The summed E-state index contributed by atoms with van der Waals surface area (Å²) in [6.45, 7) is 6.48. The van der Waals surface area contributed by atoms with E-state index >= 15 is 0 Å². The number of allylic oxidation sites excluding steroid dienone is 12. The maximum absolute atomic E-state index is 12.9. The van der Waals surface area contributed by atoms with Crippen molar-refractivity contribution in [1.29, 1.82) is 0 Å². The van der Waals surface area contributed by atoms with Gasteiger partial charge in [0.1, 0.15) is 13.2 Å². The normalized spacial score (nSPS) is 12.6. The summed E-state index contributed by atoms with van der Waals surface area (Å²) < 4.78 is 16.8. The Morgan fingerprint density at radius 3 is 0.896 bits per heavy atom. The van der Waals surface area contributed by atoms with E-state index in [1.807, 2.05) is 0 Å². The van der Waals surface area contributed by atoms with Crippen LogP contribution in [-0.4, -0.2) is 37.2 Å². The molecule has 6 nitrogen and oxygen atoms in total. The smallest absolute Gasteiger partial charge is 0.306 e. The molecule has 6 heteroatoms. The Kier molecular flexibility index (Phi) is 52.8. The van der Waals surface area contributed by atoms with Gasteiger partial charge in [-0.05, 0) is 64.2 Å². The molecule has 0 rings (SSSR count). The molecule has 0 aliphatic heterocycles. The van der Waals surface area contributed by atoms with Crippen LogP contribution in [0.1, 0.15) is 278 Å². The highest BCUT2D eigenvalue weighted by molar-refractivity contribution is 5.71. The molecule has 1 atom stereocenters. The Balaban J connectivity index is 4.41. The summed E-state index contributed by atoms with van der Waals surface area (Å²) in [6.07, 6.45) is 70.3. The van der Waals surface area contributed by atoms with Gasteiger partial charge < -0.3 is 14.2 Å². The van der Waals surface area contributed by atoms with Crippen molar-refractivity contribution in [3.8, 4) is 0 Å². The van der Waals surface area contributed by atoms with Crippen LogP contribution in [0.25, 0.3) is 0 Å². The van der Waals surface area contributed by atoms with Crippen molar-refractivity contribution < 1.29 is 28.6 Å². The summed E-state index contributed by atoms with van der Waals surface area (Å²) in [7, 11) is 0. The Morgan fingerprint density at radius 2 is 0.582 bits per heavy atom. The fraction of sp³-hybridized carbons (Fsp3) is 0.754.